The second-order valence-corrected chi connectivity index (χ2v) is 7.44. The molecule has 1 aliphatic carbocycles. The van der Waals surface area contributed by atoms with Crippen molar-refractivity contribution in [2.45, 2.75) is 31.5 Å². The van der Waals surface area contributed by atoms with Gasteiger partial charge < -0.3 is 15.0 Å². The summed E-state index contributed by atoms with van der Waals surface area (Å²) in [6, 6.07) is 7.00. The van der Waals surface area contributed by atoms with Gasteiger partial charge in [-0.1, -0.05) is 0 Å². The molecule has 2 heterocycles. The van der Waals surface area contributed by atoms with Crippen molar-refractivity contribution >= 4 is 16.8 Å². The third-order valence-electron chi connectivity index (χ3n) is 5.17. The van der Waals surface area contributed by atoms with E-state index in [0.29, 0.717) is 12.1 Å². The molecule has 1 fully saturated rings. The van der Waals surface area contributed by atoms with Gasteiger partial charge in [-0.15, -0.1) is 0 Å². The standard InChI is InChI=1S/C21H19F4N3O2/c1-11(18-5-3-13(8-26-18)30-10-21(23,24)25)28-20(29)16-7-14(16)17-9-27-19-4-2-12(22)6-15(17)19/h2-6,8-9,11,14,16,27H,7,10H2,1H3,(H,28,29)/t11?,14-,16-/m1/s1. The lowest BCUT2D eigenvalue weighted by atomic mass is 10.1. The van der Waals surface area contributed by atoms with E-state index in [1.807, 2.05) is 6.20 Å². The number of carbonyl (C=O) groups excluding carboxylic acids is 1. The Balaban J connectivity index is 1.35. The van der Waals surface area contributed by atoms with Crippen molar-refractivity contribution < 1.29 is 27.1 Å². The summed E-state index contributed by atoms with van der Waals surface area (Å²) in [4.78, 5) is 19.8. The average molecular weight is 421 g/mol. The summed E-state index contributed by atoms with van der Waals surface area (Å²) in [5.74, 6) is -0.670. The van der Waals surface area contributed by atoms with Crippen LogP contribution in [0.15, 0.2) is 42.7 Å². The van der Waals surface area contributed by atoms with Crippen LogP contribution in [0.2, 0.25) is 0 Å². The highest BCUT2D eigenvalue weighted by atomic mass is 19.4. The minimum atomic E-state index is -4.42. The van der Waals surface area contributed by atoms with Gasteiger partial charge in [-0.3, -0.25) is 9.78 Å². The maximum absolute atomic E-state index is 13.6. The fraction of sp³-hybridized carbons (Fsp3) is 0.333. The number of aromatic nitrogens is 2. The van der Waals surface area contributed by atoms with Gasteiger partial charge in [0.15, 0.2) is 6.61 Å². The summed E-state index contributed by atoms with van der Waals surface area (Å²) in [6.07, 6.45) is -0.742. The number of hydrogen-bond acceptors (Lipinski definition) is 3. The molecule has 2 aromatic heterocycles. The summed E-state index contributed by atoms with van der Waals surface area (Å²) < 4.78 is 54.8. The van der Waals surface area contributed by atoms with E-state index in [-0.39, 0.29) is 29.3 Å². The zero-order valence-electron chi connectivity index (χ0n) is 16.0. The first-order valence-corrected chi connectivity index (χ1v) is 9.43. The second-order valence-electron chi connectivity index (χ2n) is 7.44. The van der Waals surface area contributed by atoms with Gasteiger partial charge in [-0.2, -0.15) is 13.2 Å². The van der Waals surface area contributed by atoms with E-state index in [9.17, 15) is 22.4 Å². The lowest BCUT2D eigenvalue weighted by molar-refractivity contribution is -0.153. The number of amides is 1. The molecule has 0 aliphatic heterocycles. The van der Waals surface area contributed by atoms with Crippen LogP contribution in [0.5, 0.6) is 5.75 Å². The molecule has 5 nitrogen and oxygen atoms in total. The van der Waals surface area contributed by atoms with Crippen molar-refractivity contribution in [3.8, 4) is 5.75 Å². The normalized spacial score (nSPS) is 19.5. The van der Waals surface area contributed by atoms with Crippen LogP contribution in [0.4, 0.5) is 17.6 Å². The Kier molecular flexibility index (Phi) is 5.13. The molecule has 9 heteroatoms. The van der Waals surface area contributed by atoms with Gasteiger partial charge in [-0.05, 0) is 55.2 Å². The topological polar surface area (TPSA) is 67.0 Å². The molecule has 2 N–H and O–H groups in total. The van der Waals surface area contributed by atoms with E-state index in [1.165, 1.54) is 30.5 Å². The minimum absolute atomic E-state index is 0.00317. The van der Waals surface area contributed by atoms with Crippen LogP contribution in [-0.4, -0.2) is 28.7 Å². The Morgan fingerprint density at radius 2 is 2.13 bits per heavy atom. The van der Waals surface area contributed by atoms with Gasteiger partial charge in [-0.25, -0.2) is 4.39 Å². The van der Waals surface area contributed by atoms with Gasteiger partial charge in [0.1, 0.15) is 11.6 Å². The summed E-state index contributed by atoms with van der Waals surface area (Å²) in [5.41, 5.74) is 2.25. The van der Waals surface area contributed by atoms with Crippen molar-refractivity contribution in [3.05, 3.63) is 59.8 Å². The number of pyridine rings is 1. The van der Waals surface area contributed by atoms with E-state index in [0.717, 1.165) is 16.5 Å². The van der Waals surface area contributed by atoms with Gasteiger partial charge in [0.05, 0.1) is 17.9 Å². The Labute approximate surface area is 169 Å². The quantitative estimate of drug-likeness (QED) is 0.571. The molecule has 0 bridgehead atoms. The van der Waals surface area contributed by atoms with Gasteiger partial charge in [0, 0.05) is 23.0 Å². The van der Waals surface area contributed by atoms with E-state index < -0.39 is 18.8 Å². The number of benzene rings is 1. The van der Waals surface area contributed by atoms with Gasteiger partial charge in [0.2, 0.25) is 5.91 Å². The van der Waals surface area contributed by atoms with Crippen LogP contribution in [-0.2, 0) is 4.79 Å². The van der Waals surface area contributed by atoms with E-state index in [1.54, 1.807) is 13.0 Å². The molecule has 3 aromatic rings. The van der Waals surface area contributed by atoms with Crippen LogP contribution in [0, 0.1) is 11.7 Å². The van der Waals surface area contributed by atoms with E-state index in [2.05, 4.69) is 20.0 Å². The molecule has 30 heavy (non-hydrogen) atoms. The van der Waals surface area contributed by atoms with Crippen molar-refractivity contribution in [3.63, 3.8) is 0 Å². The number of rotatable bonds is 6. The molecular formula is C21H19F4N3O2. The number of carbonyl (C=O) groups is 1. The highest BCUT2D eigenvalue weighted by molar-refractivity contribution is 5.88. The number of alkyl halides is 3. The number of hydrogen-bond donors (Lipinski definition) is 2. The number of halogens is 4. The molecule has 1 saturated carbocycles. The van der Waals surface area contributed by atoms with E-state index in [4.69, 9.17) is 0 Å². The number of fused-ring (bicyclic) bond motifs is 1. The number of ether oxygens (including phenoxy) is 1. The lowest BCUT2D eigenvalue weighted by Gasteiger charge is -2.14. The summed E-state index contributed by atoms with van der Waals surface area (Å²) in [6.45, 7) is 0.357. The molecule has 1 amide bonds. The van der Waals surface area contributed by atoms with Crippen LogP contribution in [0.25, 0.3) is 10.9 Å². The maximum atomic E-state index is 13.6. The summed E-state index contributed by atoms with van der Waals surface area (Å²) in [7, 11) is 0. The molecule has 1 aliphatic rings. The maximum Gasteiger partial charge on any atom is 0.422 e. The molecule has 0 saturated heterocycles. The Hall–Kier alpha value is -3.10. The third kappa shape index (κ3) is 4.39. The fourth-order valence-electron chi connectivity index (χ4n) is 3.54. The van der Waals surface area contributed by atoms with Crippen LogP contribution >= 0.6 is 0 Å². The molecular weight excluding hydrogens is 402 g/mol. The smallest absolute Gasteiger partial charge is 0.422 e. The monoisotopic (exact) mass is 421 g/mol. The number of nitrogens with zero attached hydrogens (tertiary/aromatic N) is 1. The first-order valence-electron chi connectivity index (χ1n) is 9.43. The first-order chi connectivity index (χ1) is 14.2. The van der Waals surface area contributed by atoms with Gasteiger partial charge in [0.25, 0.3) is 0 Å². The molecule has 3 atom stereocenters. The highest BCUT2D eigenvalue weighted by Gasteiger charge is 2.45. The van der Waals surface area contributed by atoms with Crippen molar-refractivity contribution in [2.75, 3.05) is 6.61 Å². The molecule has 4 rings (SSSR count). The average Bonchev–Trinajstić information content (AvgIpc) is 3.39. The number of H-pyrrole nitrogens is 1. The summed E-state index contributed by atoms with van der Waals surface area (Å²) >= 11 is 0. The molecule has 158 valence electrons. The van der Waals surface area contributed by atoms with Crippen LogP contribution in [0.3, 0.4) is 0 Å². The number of aromatic amines is 1. The highest BCUT2D eigenvalue weighted by Crippen LogP contribution is 2.49. The first kappa shape index (κ1) is 20.2. The van der Waals surface area contributed by atoms with Gasteiger partial charge >= 0.3 is 6.18 Å². The third-order valence-corrected chi connectivity index (χ3v) is 5.17. The molecule has 1 unspecified atom stereocenters. The Morgan fingerprint density at radius 1 is 1.33 bits per heavy atom. The Bertz CT molecular complexity index is 1060. The van der Waals surface area contributed by atoms with Crippen LogP contribution in [0.1, 0.15) is 36.6 Å². The Morgan fingerprint density at radius 3 is 2.83 bits per heavy atom. The molecule has 1 aromatic carbocycles. The summed E-state index contributed by atoms with van der Waals surface area (Å²) in [5, 5.41) is 3.66. The predicted molar refractivity (Wildman–Crippen MR) is 101 cm³/mol. The molecule has 0 spiro atoms. The van der Waals surface area contributed by atoms with Crippen LogP contribution < -0.4 is 10.1 Å². The van der Waals surface area contributed by atoms with Crippen molar-refractivity contribution in [2.24, 2.45) is 5.92 Å². The van der Waals surface area contributed by atoms with Crippen molar-refractivity contribution in [1.29, 1.82) is 0 Å². The van der Waals surface area contributed by atoms with Crippen molar-refractivity contribution in [1.82, 2.24) is 15.3 Å². The minimum Gasteiger partial charge on any atom is -0.483 e. The number of nitrogens with one attached hydrogen (secondary N) is 2. The second kappa shape index (κ2) is 7.62. The lowest BCUT2D eigenvalue weighted by Crippen LogP contribution is -2.29. The molecule has 0 radical (unpaired) electrons. The fourth-order valence-corrected chi connectivity index (χ4v) is 3.54. The van der Waals surface area contributed by atoms with E-state index >= 15 is 0 Å². The zero-order valence-corrected chi connectivity index (χ0v) is 16.0. The zero-order chi connectivity index (χ0) is 21.5. The SMILES string of the molecule is CC(NC(=O)[C@@H]1C[C@H]1c1c[nH]c2ccc(F)cc12)c1ccc(OCC(F)(F)F)cn1. The predicted octanol–water partition coefficient (Wildman–Crippen LogP) is 4.62. The largest absolute Gasteiger partial charge is 0.483 e.